The van der Waals surface area contributed by atoms with Crippen molar-refractivity contribution in [2.45, 2.75) is 11.4 Å². The molecular formula is C16H18N4OS. The van der Waals surface area contributed by atoms with Crippen molar-refractivity contribution in [2.24, 2.45) is 0 Å². The summed E-state index contributed by atoms with van der Waals surface area (Å²) in [5, 5.41) is 5.21. The Kier molecular flexibility index (Phi) is 4.60. The molecule has 2 aromatic rings. The molecule has 0 spiro atoms. The zero-order valence-electron chi connectivity index (χ0n) is 12.3. The molecule has 1 aromatic heterocycles. The Morgan fingerprint density at radius 1 is 1.32 bits per heavy atom. The lowest BCUT2D eigenvalue weighted by molar-refractivity contribution is -0.122. The van der Waals surface area contributed by atoms with Gasteiger partial charge in [-0.3, -0.25) is 25.5 Å². The smallest absolute Gasteiger partial charge is 0.256 e. The number of pyridine rings is 1. The topological polar surface area (TPSA) is 57.3 Å². The van der Waals surface area contributed by atoms with E-state index in [1.54, 1.807) is 23.0 Å². The predicted molar refractivity (Wildman–Crippen MR) is 89.3 cm³/mol. The van der Waals surface area contributed by atoms with Crippen LogP contribution < -0.4 is 15.8 Å². The maximum absolute atomic E-state index is 12.4. The highest BCUT2D eigenvalue weighted by Gasteiger charge is 2.31. The van der Waals surface area contributed by atoms with E-state index in [4.69, 9.17) is 0 Å². The molecule has 22 heavy (non-hydrogen) atoms. The van der Waals surface area contributed by atoms with Crippen LogP contribution in [-0.4, -0.2) is 29.7 Å². The van der Waals surface area contributed by atoms with E-state index in [0.29, 0.717) is 0 Å². The quantitative estimate of drug-likeness (QED) is 0.845. The number of nitrogens with one attached hydrogen (secondary N) is 2. The minimum Gasteiger partial charge on any atom is -0.290 e. The number of aromatic nitrogens is 1. The second kappa shape index (κ2) is 6.81. The number of carbonyl (C=O) groups is 1. The van der Waals surface area contributed by atoms with Gasteiger partial charge in [-0.1, -0.05) is 24.3 Å². The Morgan fingerprint density at radius 3 is 2.86 bits per heavy atom. The lowest BCUT2D eigenvalue weighted by Gasteiger charge is -2.22. The summed E-state index contributed by atoms with van der Waals surface area (Å²) in [5.74, 6) is 0.721. The minimum atomic E-state index is -0.207. The van der Waals surface area contributed by atoms with Crippen LogP contribution in [0.25, 0.3) is 0 Å². The molecular weight excluding hydrogens is 296 g/mol. The van der Waals surface area contributed by atoms with Gasteiger partial charge in [-0.15, -0.1) is 11.8 Å². The molecule has 0 radical (unpaired) electrons. The van der Waals surface area contributed by atoms with E-state index in [-0.39, 0.29) is 17.3 Å². The van der Waals surface area contributed by atoms with E-state index in [0.717, 1.165) is 17.0 Å². The van der Waals surface area contributed by atoms with Gasteiger partial charge in [-0.05, 0) is 23.8 Å². The third kappa shape index (κ3) is 3.40. The van der Waals surface area contributed by atoms with E-state index >= 15 is 0 Å². The van der Waals surface area contributed by atoms with Gasteiger partial charge in [-0.2, -0.15) is 0 Å². The largest absolute Gasteiger partial charge is 0.290 e. The lowest BCUT2D eigenvalue weighted by Crippen LogP contribution is -2.49. The number of rotatable bonds is 4. The first-order valence-corrected chi connectivity index (χ1v) is 8.16. The minimum absolute atomic E-state index is 0.0229. The molecule has 0 saturated carbocycles. The van der Waals surface area contributed by atoms with Gasteiger partial charge >= 0.3 is 0 Å². The molecule has 2 atom stereocenters. The van der Waals surface area contributed by atoms with Gasteiger partial charge in [0, 0.05) is 25.2 Å². The molecule has 1 saturated heterocycles. The second-order valence-corrected chi connectivity index (χ2v) is 6.23. The third-order valence-electron chi connectivity index (χ3n) is 3.51. The molecule has 2 N–H and O–H groups in total. The van der Waals surface area contributed by atoms with Crippen LogP contribution in [0.1, 0.15) is 10.9 Å². The fourth-order valence-corrected chi connectivity index (χ4v) is 3.53. The number of nitrogens with zero attached hydrogens (tertiary/aromatic N) is 2. The maximum Gasteiger partial charge on any atom is 0.256 e. The van der Waals surface area contributed by atoms with Crippen molar-refractivity contribution in [3.05, 3.63) is 60.4 Å². The summed E-state index contributed by atoms with van der Waals surface area (Å²) in [6, 6.07) is 13.5. The Balaban J connectivity index is 1.58. The second-order valence-electron chi connectivity index (χ2n) is 5.09. The summed E-state index contributed by atoms with van der Waals surface area (Å²) in [4.78, 5) is 16.5. The Morgan fingerprint density at radius 2 is 2.14 bits per heavy atom. The number of carbonyl (C=O) groups excluding carboxylic acids is 1. The maximum atomic E-state index is 12.4. The van der Waals surface area contributed by atoms with E-state index in [1.807, 2.05) is 55.7 Å². The van der Waals surface area contributed by atoms with Crippen LogP contribution in [-0.2, 0) is 4.79 Å². The van der Waals surface area contributed by atoms with E-state index in [1.165, 1.54) is 0 Å². The first kappa shape index (κ1) is 14.9. The van der Waals surface area contributed by atoms with Crippen molar-refractivity contribution >= 4 is 23.4 Å². The highest BCUT2D eigenvalue weighted by molar-refractivity contribution is 7.99. The molecule has 1 aromatic carbocycles. The number of thioether (sulfide) groups is 1. The molecule has 5 nitrogen and oxygen atoms in total. The molecule has 2 heterocycles. The number of amides is 1. The van der Waals surface area contributed by atoms with Gasteiger partial charge in [0.2, 0.25) is 0 Å². The summed E-state index contributed by atoms with van der Waals surface area (Å²) in [5.41, 5.74) is 4.96. The monoisotopic (exact) mass is 314 g/mol. The van der Waals surface area contributed by atoms with Gasteiger partial charge in [0.15, 0.2) is 0 Å². The predicted octanol–water partition coefficient (Wildman–Crippen LogP) is 1.95. The van der Waals surface area contributed by atoms with Crippen LogP contribution in [0.15, 0.2) is 54.9 Å². The van der Waals surface area contributed by atoms with E-state index in [9.17, 15) is 4.79 Å². The fourth-order valence-electron chi connectivity index (χ4n) is 2.31. The summed E-state index contributed by atoms with van der Waals surface area (Å²) < 4.78 is 0. The van der Waals surface area contributed by atoms with Crippen LogP contribution in [0.5, 0.6) is 0 Å². The number of hydrazine groups is 1. The van der Waals surface area contributed by atoms with Gasteiger partial charge in [-0.25, -0.2) is 0 Å². The molecule has 6 heteroatoms. The molecule has 1 amide bonds. The highest BCUT2D eigenvalue weighted by atomic mass is 32.2. The van der Waals surface area contributed by atoms with Gasteiger partial charge in [0.05, 0.1) is 17.1 Å². The molecule has 1 aliphatic rings. The number of hydrogen-bond donors (Lipinski definition) is 2. The van der Waals surface area contributed by atoms with Crippen molar-refractivity contribution < 1.29 is 4.79 Å². The van der Waals surface area contributed by atoms with Crippen molar-refractivity contribution in [3.8, 4) is 0 Å². The average molecular weight is 314 g/mol. The van der Waals surface area contributed by atoms with Gasteiger partial charge in [0.1, 0.15) is 0 Å². The number of hydrogen-bond acceptors (Lipinski definition) is 5. The van der Waals surface area contributed by atoms with Crippen molar-refractivity contribution in [1.82, 2.24) is 15.7 Å². The van der Waals surface area contributed by atoms with Gasteiger partial charge < -0.3 is 0 Å². The lowest BCUT2D eigenvalue weighted by atomic mass is 10.2. The zero-order chi connectivity index (χ0) is 15.4. The van der Waals surface area contributed by atoms with Gasteiger partial charge in [0.25, 0.3) is 5.91 Å². The molecule has 3 rings (SSSR count). The van der Waals surface area contributed by atoms with Crippen molar-refractivity contribution in [2.75, 3.05) is 17.8 Å². The van der Waals surface area contributed by atoms with Crippen LogP contribution >= 0.6 is 11.8 Å². The van der Waals surface area contributed by atoms with Crippen molar-refractivity contribution in [3.63, 3.8) is 0 Å². The number of benzene rings is 1. The molecule has 0 aliphatic carbocycles. The SMILES string of the molecule is CN(NC(=O)C1CSC(c2cccnc2)N1)c1ccccc1. The summed E-state index contributed by atoms with van der Waals surface area (Å²) in [6.45, 7) is 0. The summed E-state index contributed by atoms with van der Waals surface area (Å²) in [7, 11) is 1.84. The molecule has 1 aliphatic heterocycles. The first-order chi connectivity index (χ1) is 10.7. The van der Waals surface area contributed by atoms with Crippen LogP contribution in [0.3, 0.4) is 0 Å². The average Bonchev–Trinajstić information content (AvgIpc) is 3.06. The van der Waals surface area contributed by atoms with Crippen molar-refractivity contribution in [1.29, 1.82) is 0 Å². The molecule has 2 unspecified atom stereocenters. The molecule has 0 bridgehead atoms. The Hall–Kier alpha value is -2.05. The molecule has 114 valence electrons. The summed E-state index contributed by atoms with van der Waals surface area (Å²) in [6.07, 6.45) is 3.59. The Bertz CT molecular complexity index is 623. The zero-order valence-corrected chi connectivity index (χ0v) is 13.1. The Labute approximate surface area is 134 Å². The third-order valence-corrected chi connectivity index (χ3v) is 4.77. The summed E-state index contributed by atoms with van der Waals surface area (Å²) >= 11 is 1.72. The van der Waals surface area contributed by atoms with Crippen LogP contribution in [0, 0.1) is 0 Å². The van der Waals surface area contributed by atoms with Crippen LogP contribution in [0.4, 0.5) is 5.69 Å². The first-order valence-electron chi connectivity index (χ1n) is 7.11. The normalized spacial score (nSPS) is 20.6. The van der Waals surface area contributed by atoms with Crippen LogP contribution in [0.2, 0.25) is 0 Å². The standard InChI is InChI=1S/C16H18N4OS/c1-20(13-7-3-2-4-8-13)19-15(21)14-11-22-16(18-14)12-6-5-9-17-10-12/h2-10,14,16,18H,11H2,1H3,(H,19,21). The van der Waals surface area contributed by atoms with E-state index < -0.39 is 0 Å². The number of para-hydroxylation sites is 1. The highest BCUT2D eigenvalue weighted by Crippen LogP contribution is 2.32. The van der Waals surface area contributed by atoms with E-state index in [2.05, 4.69) is 15.7 Å². The molecule has 1 fully saturated rings. The number of anilines is 1. The fraction of sp³-hybridized carbons (Fsp3) is 0.250.